The molecule has 0 saturated heterocycles. The van der Waals surface area contributed by atoms with Crippen molar-refractivity contribution >= 4 is 41.5 Å². The molecule has 2 rings (SSSR count). The minimum Gasteiger partial charge on any atom is -0.490 e. The molecule has 0 atom stereocenters. The fourth-order valence-electron chi connectivity index (χ4n) is 2.07. The van der Waals surface area contributed by atoms with Gasteiger partial charge in [0, 0.05) is 30.4 Å². The molecule has 0 aliphatic rings. The number of alkyl halides is 2. The number of rotatable bonds is 8. The summed E-state index contributed by atoms with van der Waals surface area (Å²) < 4.78 is 35.0. The number of nitrogens with one attached hydrogen (secondary N) is 2. The molecule has 0 amide bonds. The van der Waals surface area contributed by atoms with Crippen LogP contribution >= 0.6 is 35.6 Å². The van der Waals surface area contributed by atoms with Crippen molar-refractivity contribution in [1.82, 2.24) is 15.6 Å². The zero-order valence-electron chi connectivity index (χ0n) is 14.5. The first kappa shape index (κ1) is 23.2. The minimum atomic E-state index is -2.91. The maximum atomic E-state index is 12.5. The Morgan fingerprint density at radius 2 is 2.11 bits per heavy atom. The normalized spacial score (nSPS) is 10.9. The molecule has 0 bridgehead atoms. The number of benzene rings is 1. The van der Waals surface area contributed by atoms with Crippen molar-refractivity contribution in [1.29, 1.82) is 0 Å². The highest BCUT2D eigenvalue weighted by Crippen LogP contribution is 2.24. The van der Waals surface area contributed by atoms with Crippen LogP contribution in [0.15, 0.2) is 47.7 Å². The van der Waals surface area contributed by atoms with Crippen molar-refractivity contribution in [2.24, 2.45) is 4.99 Å². The number of aliphatic imine (C=N–C) groups is 1. The van der Waals surface area contributed by atoms with Crippen LogP contribution in [0.25, 0.3) is 0 Å². The van der Waals surface area contributed by atoms with Crippen LogP contribution < -0.4 is 20.1 Å². The number of halogens is 4. The average molecular weight is 513 g/mol. The van der Waals surface area contributed by atoms with E-state index in [-0.39, 0.29) is 36.3 Å². The Hall–Kier alpha value is -1.88. The molecule has 1 heterocycles. The number of hydrogen-bond donors (Lipinski definition) is 2. The van der Waals surface area contributed by atoms with Crippen LogP contribution in [0.3, 0.4) is 0 Å². The summed E-state index contributed by atoms with van der Waals surface area (Å²) in [7, 11) is 1.60. The van der Waals surface area contributed by atoms with Gasteiger partial charge in [0.25, 0.3) is 0 Å². The largest absolute Gasteiger partial charge is 0.490 e. The molecule has 0 radical (unpaired) electrons. The van der Waals surface area contributed by atoms with Gasteiger partial charge in [-0.05, 0) is 30.3 Å². The van der Waals surface area contributed by atoms with E-state index in [9.17, 15) is 8.78 Å². The summed E-state index contributed by atoms with van der Waals surface area (Å²) >= 11 is 5.92. The number of guanidine groups is 1. The van der Waals surface area contributed by atoms with Crippen molar-refractivity contribution in [3.8, 4) is 11.5 Å². The van der Waals surface area contributed by atoms with E-state index in [0.717, 1.165) is 0 Å². The van der Waals surface area contributed by atoms with E-state index in [2.05, 4.69) is 25.3 Å². The number of nitrogens with zero attached hydrogens (tertiary/aromatic N) is 2. The molecule has 0 fully saturated rings. The molecule has 0 spiro atoms. The first-order chi connectivity index (χ1) is 12.6. The van der Waals surface area contributed by atoms with Gasteiger partial charge in [-0.25, -0.2) is 0 Å². The number of pyridine rings is 1. The molecule has 10 heteroatoms. The molecule has 2 aromatic rings. The second kappa shape index (κ2) is 12.5. The number of hydrogen-bond acceptors (Lipinski definition) is 4. The minimum absolute atomic E-state index is 0. The van der Waals surface area contributed by atoms with Gasteiger partial charge in [0.2, 0.25) is 0 Å². The number of aromatic nitrogens is 1. The van der Waals surface area contributed by atoms with Crippen molar-refractivity contribution in [3.63, 3.8) is 0 Å². The third-order valence-corrected chi connectivity index (χ3v) is 3.44. The van der Waals surface area contributed by atoms with E-state index in [1.165, 1.54) is 12.1 Å². The third-order valence-electron chi connectivity index (χ3n) is 3.21. The second-order valence-corrected chi connectivity index (χ2v) is 5.46. The Kier molecular flexibility index (Phi) is 10.7. The highest BCUT2D eigenvalue weighted by atomic mass is 127. The fraction of sp³-hybridized carbons (Fsp3) is 0.294. The molecule has 148 valence electrons. The lowest BCUT2D eigenvalue weighted by Crippen LogP contribution is -2.39. The lowest BCUT2D eigenvalue weighted by atomic mass is 10.2. The van der Waals surface area contributed by atoms with Crippen molar-refractivity contribution in [2.45, 2.75) is 13.2 Å². The lowest BCUT2D eigenvalue weighted by molar-refractivity contribution is -0.0504. The molecule has 0 aliphatic heterocycles. The first-order valence-electron chi connectivity index (χ1n) is 7.79. The molecule has 6 nitrogen and oxygen atoms in total. The Labute approximate surface area is 178 Å². The van der Waals surface area contributed by atoms with E-state index in [1.807, 2.05) is 6.07 Å². The van der Waals surface area contributed by atoms with Gasteiger partial charge < -0.3 is 20.1 Å². The summed E-state index contributed by atoms with van der Waals surface area (Å²) in [6.45, 7) is -1.79. The van der Waals surface area contributed by atoms with Gasteiger partial charge in [-0.15, -0.1) is 24.0 Å². The standard InChI is InChI=1S/C17H19ClF2N4O2.HI/c1-21-17(23-7-8-25-14-3-2-6-22-11-14)24-10-12-9-13(18)4-5-15(12)26-16(19)20;/h2-6,9,11,16H,7-8,10H2,1H3,(H2,21,23,24);1H. The van der Waals surface area contributed by atoms with Gasteiger partial charge in [0.1, 0.15) is 18.1 Å². The molecule has 0 aliphatic carbocycles. The highest BCUT2D eigenvalue weighted by molar-refractivity contribution is 14.0. The van der Waals surface area contributed by atoms with E-state index in [1.54, 1.807) is 31.6 Å². The van der Waals surface area contributed by atoms with Gasteiger partial charge >= 0.3 is 6.61 Å². The molecule has 27 heavy (non-hydrogen) atoms. The summed E-state index contributed by atoms with van der Waals surface area (Å²) in [5.41, 5.74) is 0.493. The van der Waals surface area contributed by atoms with E-state index < -0.39 is 6.61 Å². The monoisotopic (exact) mass is 512 g/mol. The molecule has 1 aromatic carbocycles. The van der Waals surface area contributed by atoms with E-state index in [0.29, 0.717) is 35.4 Å². The summed E-state index contributed by atoms with van der Waals surface area (Å²) in [6.07, 6.45) is 3.29. The molecule has 1 aromatic heterocycles. The van der Waals surface area contributed by atoms with E-state index in [4.69, 9.17) is 16.3 Å². The second-order valence-electron chi connectivity index (χ2n) is 5.02. The van der Waals surface area contributed by atoms with Crippen molar-refractivity contribution < 1.29 is 18.3 Å². The Bertz CT molecular complexity index is 723. The Balaban J connectivity index is 0.00000364. The average Bonchev–Trinajstić information content (AvgIpc) is 2.63. The van der Waals surface area contributed by atoms with Crippen LogP contribution in [0.2, 0.25) is 5.02 Å². The molecular weight excluding hydrogens is 493 g/mol. The summed E-state index contributed by atoms with van der Waals surface area (Å²) in [4.78, 5) is 8.02. The maximum absolute atomic E-state index is 12.5. The molecule has 0 unspecified atom stereocenters. The lowest BCUT2D eigenvalue weighted by Gasteiger charge is -2.15. The van der Waals surface area contributed by atoms with Crippen molar-refractivity contribution in [3.05, 3.63) is 53.3 Å². The summed E-state index contributed by atoms with van der Waals surface area (Å²) in [5, 5.41) is 6.50. The highest BCUT2D eigenvalue weighted by Gasteiger charge is 2.11. The van der Waals surface area contributed by atoms with E-state index >= 15 is 0 Å². The van der Waals surface area contributed by atoms with Gasteiger partial charge in [-0.3, -0.25) is 9.98 Å². The van der Waals surface area contributed by atoms with Gasteiger partial charge in [-0.2, -0.15) is 8.78 Å². The van der Waals surface area contributed by atoms with Crippen LogP contribution in [0, 0.1) is 0 Å². The van der Waals surface area contributed by atoms with Gasteiger partial charge in [0.05, 0.1) is 12.7 Å². The zero-order chi connectivity index (χ0) is 18.8. The Morgan fingerprint density at radius 1 is 1.30 bits per heavy atom. The predicted molar refractivity (Wildman–Crippen MR) is 111 cm³/mol. The quantitative estimate of drug-likeness (QED) is 0.244. The van der Waals surface area contributed by atoms with Crippen LogP contribution in [0.4, 0.5) is 8.78 Å². The number of ether oxygens (including phenoxy) is 2. The molecule has 2 N–H and O–H groups in total. The Morgan fingerprint density at radius 3 is 2.78 bits per heavy atom. The fourth-order valence-corrected chi connectivity index (χ4v) is 2.26. The molecule has 0 saturated carbocycles. The summed E-state index contributed by atoms with van der Waals surface area (Å²) in [5.74, 6) is 1.22. The topological polar surface area (TPSA) is 67.8 Å². The summed E-state index contributed by atoms with van der Waals surface area (Å²) in [6, 6.07) is 8.05. The van der Waals surface area contributed by atoms with Crippen LogP contribution in [0.5, 0.6) is 11.5 Å². The third kappa shape index (κ3) is 8.57. The van der Waals surface area contributed by atoms with Crippen LogP contribution in [0.1, 0.15) is 5.56 Å². The molecular formula is C17H20ClF2IN4O2. The van der Waals surface area contributed by atoms with Gasteiger partial charge in [-0.1, -0.05) is 11.6 Å². The smallest absolute Gasteiger partial charge is 0.387 e. The van der Waals surface area contributed by atoms with Crippen molar-refractivity contribution in [2.75, 3.05) is 20.2 Å². The van der Waals surface area contributed by atoms with Gasteiger partial charge in [0.15, 0.2) is 5.96 Å². The first-order valence-corrected chi connectivity index (χ1v) is 8.17. The SMILES string of the molecule is CN=C(NCCOc1cccnc1)NCc1cc(Cl)ccc1OC(F)F.I. The zero-order valence-corrected chi connectivity index (χ0v) is 17.6. The van der Waals surface area contributed by atoms with Crippen LogP contribution in [-0.4, -0.2) is 37.8 Å². The van der Waals surface area contributed by atoms with Crippen LogP contribution in [-0.2, 0) is 6.54 Å². The predicted octanol–water partition coefficient (Wildman–Crippen LogP) is 3.70. The maximum Gasteiger partial charge on any atom is 0.387 e.